The van der Waals surface area contributed by atoms with Crippen LogP contribution in [0.4, 0.5) is 0 Å². The first-order chi connectivity index (χ1) is 10.0. The van der Waals surface area contributed by atoms with Gasteiger partial charge in [-0.25, -0.2) is 22.8 Å². The van der Waals surface area contributed by atoms with Gasteiger partial charge in [0.05, 0.1) is 11.8 Å². The predicted molar refractivity (Wildman–Crippen MR) is 80.2 cm³/mol. The molecule has 2 heterocycles. The molecule has 1 saturated carbocycles. The third kappa shape index (κ3) is 3.63. The Balaban J connectivity index is 1.68. The Labute approximate surface area is 126 Å². The maximum atomic E-state index is 12.4. The van der Waals surface area contributed by atoms with Crippen molar-refractivity contribution in [2.75, 3.05) is 5.75 Å². The van der Waals surface area contributed by atoms with Crippen LogP contribution in [0.1, 0.15) is 62.6 Å². The molecule has 1 aliphatic carbocycles. The number of sulfonamides is 1. The summed E-state index contributed by atoms with van der Waals surface area (Å²) in [5.41, 5.74) is 0. The summed E-state index contributed by atoms with van der Waals surface area (Å²) in [6, 6.07) is -0.214. The van der Waals surface area contributed by atoms with Crippen LogP contribution in [0.5, 0.6) is 0 Å². The largest absolute Gasteiger partial charge is 0.248 e. The van der Waals surface area contributed by atoms with Crippen LogP contribution in [0.2, 0.25) is 0 Å². The molecule has 21 heavy (non-hydrogen) atoms. The number of hydrogen-bond donors (Lipinski definition) is 1. The van der Waals surface area contributed by atoms with Gasteiger partial charge >= 0.3 is 0 Å². The molecule has 118 valence electrons. The average Bonchev–Trinajstić information content (AvgIpc) is 2.80. The molecule has 0 saturated heterocycles. The molecule has 0 radical (unpaired) electrons. The van der Waals surface area contributed by atoms with Crippen LogP contribution in [0.25, 0.3) is 0 Å². The van der Waals surface area contributed by atoms with E-state index in [9.17, 15) is 8.42 Å². The minimum Gasteiger partial charge on any atom is -0.248 e. The highest BCUT2D eigenvalue weighted by Crippen LogP contribution is 2.27. The van der Waals surface area contributed by atoms with Crippen LogP contribution in [-0.4, -0.2) is 28.9 Å². The first kappa shape index (κ1) is 15.0. The van der Waals surface area contributed by atoms with Crippen LogP contribution >= 0.6 is 0 Å². The van der Waals surface area contributed by atoms with E-state index < -0.39 is 10.0 Å². The van der Waals surface area contributed by atoms with Gasteiger partial charge in [0.1, 0.15) is 11.6 Å². The Hall–Kier alpha value is -0.950. The lowest BCUT2D eigenvalue weighted by Crippen LogP contribution is -2.36. The molecule has 3 rings (SSSR count). The second kappa shape index (κ2) is 6.04. The van der Waals surface area contributed by atoms with Crippen molar-refractivity contribution in [1.29, 1.82) is 0 Å². The molecule has 1 fully saturated rings. The quantitative estimate of drug-likeness (QED) is 0.921. The zero-order chi connectivity index (χ0) is 14.9. The molecule has 0 aromatic carbocycles. The van der Waals surface area contributed by atoms with E-state index in [1.54, 1.807) is 0 Å². The fourth-order valence-electron chi connectivity index (χ4n) is 3.51. The summed E-state index contributed by atoms with van der Waals surface area (Å²) in [5, 5.41) is 4.32. The maximum Gasteiger partial charge on any atom is 0.212 e. The highest BCUT2D eigenvalue weighted by Gasteiger charge is 2.29. The number of nitrogens with zero attached hydrogens (tertiary/aromatic N) is 3. The third-order valence-corrected chi connectivity index (χ3v) is 6.04. The van der Waals surface area contributed by atoms with Crippen molar-refractivity contribution in [3.8, 4) is 0 Å². The summed E-state index contributed by atoms with van der Waals surface area (Å²) in [6.07, 6.45) is 7.40. The summed E-state index contributed by atoms with van der Waals surface area (Å²) < 4.78 is 29.5. The van der Waals surface area contributed by atoms with Gasteiger partial charge < -0.3 is 0 Å². The van der Waals surface area contributed by atoms with Gasteiger partial charge in [0.2, 0.25) is 10.0 Å². The van der Waals surface area contributed by atoms with Crippen LogP contribution in [0, 0.1) is 12.8 Å². The number of rotatable bonds is 4. The monoisotopic (exact) mass is 312 g/mol. The van der Waals surface area contributed by atoms with Crippen molar-refractivity contribution in [2.45, 2.75) is 64.5 Å². The van der Waals surface area contributed by atoms with E-state index in [1.165, 1.54) is 6.42 Å². The van der Waals surface area contributed by atoms with Gasteiger partial charge in [0, 0.05) is 6.54 Å². The molecule has 1 N–H and O–H groups in total. The molecular formula is C14H24N4O2S. The first-order valence-corrected chi connectivity index (χ1v) is 9.60. The smallest absolute Gasteiger partial charge is 0.212 e. The second-order valence-electron chi connectivity index (χ2n) is 6.34. The minimum atomic E-state index is -3.25. The van der Waals surface area contributed by atoms with E-state index in [4.69, 9.17) is 0 Å². The third-order valence-electron chi connectivity index (χ3n) is 4.48. The number of aryl methyl sites for hydroxylation is 2. The molecule has 1 aromatic heterocycles. The first-order valence-electron chi connectivity index (χ1n) is 7.95. The molecular weight excluding hydrogens is 288 g/mol. The molecule has 0 spiro atoms. The van der Waals surface area contributed by atoms with Gasteiger partial charge in [-0.1, -0.05) is 19.3 Å². The van der Waals surface area contributed by atoms with Crippen molar-refractivity contribution < 1.29 is 8.42 Å². The highest BCUT2D eigenvalue weighted by atomic mass is 32.2. The molecule has 2 aliphatic rings. The summed E-state index contributed by atoms with van der Waals surface area (Å²) in [6.45, 7) is 2.68. The van der Waals surface area contributed by atoms with Gasteiger partial charge in [-0.3, -0.25) is 0 Å². The molecule has 1 atom stereocenters. The lowest BCUT2D eigenvalue weighted by molar-refractivity contribution is 0.376. The van der Waals surface area contributed by atoms with Crippen molar-refractivity contribution >= 4 is 10.0 Å². The van der Waals surface area contributed by atoms with E-state index in [2.05, 4.69) is 14.8 Å². The van der Waals surface area contributed by atoms with E-state index >= 15 is 0 Å². The molecule has 0 unspecified atom stereocenters. The second-order valence-corrected chi connectivity index (χ2v) is 8.14. The summed E-state index contributed by atoms with van der Waals surface area (Å²) in [5.74, 6) is 2.06. The van der Waals surface area contributed by atoms with Crippen molar-refractivity contribution in [2.24, 2.45) is 5.92 Å². The van der Waals surface area contributed by atoms with Crippen molar-refractivity contribution in [3.05, 3.63) is 11.6 Å². The normalized spacial score (nSPS) is 24.0. The number of aromatic nitrogens is 3. The van der Waals surface area contributed by atoms with E-state index in [0.29, 0.717) is 11.7 Å². The van der Waals surface area contributed by atoms with Gasteiger partial charge in [0.25, 0.3) is 0 Å². The SMILES string of the molecule is Cc1nc2n(n1)CCC[C@H]2NS(=O)(=O)CC1CCCCC1. The number of hydrogen-bond acceptors (Lipinski definition) is 4. The molecule has 0 amide bonds. The van der Waals surface area contributed by atoms with E-state index in [1.807, 2.05) is 11.6 Å². The molecule has 7 heteroatoms. The predicted octanol–water partition coefficient (Wildman–Crippen LogP) is 1.92. The minimum absolute atomic E-state index is 0.214. The van der Waals surface area contributed by atoms with Crippen LogP contribution in [-0.2, 0) is 16.6 Å². The number of nitrogens with one attached hydrogen (secondary N) is 1. The maximum absolute atomic E-state index is 12.4. The molecule has 1 aromatic rings. The topological polar surface area (TPSA) is 76.9 Å². The van der Waals surface area contributed by atoms with Gasteiger partial charge in [-0.05, 0) is 38.5 Å². The van der Waals surface area contributed by atoms with Gasteiger partial charge in [-0.15, -0.1) is 0 Å². The van der Waals surface area contributed by atoms with Crippen LogP contribution < -0.4 is 4.72 Å². The lowest BCUT2D eigenvalue weighted by Gasteiger charge is -2.25. The summed E-state index contributed by atoms with van der Waals surface area (Å²) in [4.78, 5) is 4.39. The Kier molecular flexibility index (Phi) is 4.31. The zero-order valence-corrected chi connectivity index (χ0v) is 13.4. The van der Waals surface area contributed by atoms with Crippen molar-refractivity contribution in [1.82, 2.24) is 19.5 Å². The fraction of sp³-hybridized carbons (Fsp3) is 0.857. The average molecular weight is 312 g/mol. The molecule has 0 bridgehead atoms. The number of fused-ring (bicyclic) bond motifs is 1. The van der Waals surface area contributed by atoms with Crippen molar-refractivity contribution in [3.63, 3.8) is 0 Å². The highest BCUT2D eigenvalue weighted by molar-refractivity contribution is 7.89. The Bertz CT molecular complexity index is 590. The zero-order valence-electron chi connectivity index (χ0n) is 12.6. The van der Waals surface area contributed by atoms with Gasteiger partial charge in [-0.2, -0.15) is 5.10 Å². The van der Waals surface area contributed by atoms with E-state index in [-0.39, 0.29) is 11.8 Å². The molecule has 1 aliphatic heterocycles. The summed E-state index contributed by atoms with van der Waals surface area (Å²) >= 11 is 0. The Morgan fingerprint density at radius 2 is 1.95 bits per heavy atom. The van der Waals surface area contributed by atoms with Crippen LogP contribution in [0.15, 0.2) is 0 Å². The van der Waals surface area contributed by atoms with E-state index in [0.717, 1.165) is 50.9 Å². The fourth-order valence-corrected chi connectivity index (χ4v) is 5.22. The molecule has 6 nitrogen and oxygen atoms in total. The standard InChI is InChI=1S/C14H24N4O2S/c1-11-15-14-13(8-5-9-18(14)16-11)17-21(19,20)10-12-6-3-2-4-7-12/h12-13,17H,2-10H2,1H3/t13-/m1/s1. The lowest BCUT2D eigenvalue weighted by atomic mass is 9.91. The Morgan fingerprint density at radius 3 is 2.71 bits per heavy atom. The van der Waals surface area contributed by atoms with Crippen LogP contribution in [0.3, 0.4) is 0 Å². The Morgan fingerprint density at radius 1 is 1.19 bits per heavy atom. The summed E-state index contributed by atoms with van der Waals surface area (Å²) in [7, 11) is -3.25. The van der Waals surface area contributed by atoms with Gasteiger partial charge in [0.15, 0.2) is 0 Å².